The van der Waals surface area contributed by atoms with Gasteiger partial charge in [0.15, 0.2) is 6.20 Å². The summed E-state index contributed by atoms with van der Waals surface area (Å²) in [5.74, 6) is 0. The summed E-state index contributed by atoms with van der Waals surface area (Å²) in [5.41, 5.74) is 4.97. The van der Waals surface area contributed by atoms with Gasteiger partial charge in [-0.25, -0.2) is 4.57 Å². The molecule has 0 fully saturated rings. The Morgan fingerprint density at radius 1 is 1.04 bits per heavy atom. The zero-order chi connectivity index (χ0) is 20.3. The number of hydrogen-bond acceptors (Lipinski definition) is 1. The molecular formula is C24H26NO+. The second kappa shape index (κ2) is 5.98. The SMILES string of the molecule is [2H]C([2H])(c1cc[n+](C)c(-c2c(C)ccc3c2oc2ccccc23)c1)C(C)(C)C. The van der Waals surface area contributed by atoms with E-state index in [1.807, 2.05) is 68.9 Å². The van der Waals surface area contributed by atoms with Crippen molar-refractivity contribution in [3.05, 3.63) is 65.9 Å². The molecule has 0 aliphatic carbocycles. The summed E-state index contributed by atoms with van der Waals surface area (Å²) >= 11 is 0. The molecule has 132 valence electrons. The highest BCUT2D eigenvalue weighted by molar-refractivity contribution is 6.09. The molecule has 2 heterocycles. The van der Waals surface area contributed by atoms with Gasteiger partial charge >= 0.3 is 0 Å². The largest absolute Gasteiger partial charge is 0.455 e. The summed E-state index contributed by atoms with van der Waals surface area (Å²) in [6.45, 7) is 7.88. The van der Waals surface area contributed by atoms with Gasteiger partial charge in [0.2, 0.25) is 5.69 Å². The highest BCUT2D eigenvalue weighted by Crippen LogP contribution is 2.37. The average molecular weight is 346 g/mol. The summed E-state index contributed by atoms with van der Waals surface area (Å²) < 4.78 is 25.7. The van der Waals surface area contributed by atoms with Crippen molar-refractivity contribution in [1.82, 2.24) is 0 Å². The molecule has 0 unspecified atom stereocenters. The first-order valence-electron chi connectivity index (χ1n) is 10.0. The Morgan fingerprint density at radius 2 is 1.81 bits per heavy atom. The normalized spacial score (nSPS) is 13.9. The molecule has 4 rings (SSSR count). The predicted molar refractivity (Wildman–Crippen MR) is 108 cm³/mol. The van der Waals surface area contributed by atoms with Gasteiger partial charge < -0.3 is 4.42 Å². The Hall–Kier alpha value is -2.61. The molecule has 0 saturated heterocycles. The van der Waals surface area contributed by atoms with Gasteiger partial charge in [0.25, 0.3) is 0 Å². The van der Waals surface area contributed by atoms with Gasteiger partial charge in [0.05, 0.1) is 5.56 Å². The van der Waals surface area contributed by atoms with E-state index in [0.717, 1.165) is 38.8 Å². The highest BCUT2D eigenvalue weighted by Gasteiger charge is 2.22. The van der Waals surface area contributed by atoms with Crippen LogP contribution in [0.2, 0.25) is 0 Å². The van der Waals surface area contributed by atoms with Crippen molar-refractivity contribution in [3.8, 4) is 11.3 Å². The van der Waals surface area contributed by atoms with Crippen LogP contribution in [0.25, 0.3) is 33.2 Å². The van der Waals surface area contributed by atoms with Gasteiger partial charge in [0, 0.05) is 25.6 Å². The topological polar surface area (TPSA) is 17.0 Å². The molecule has 2 heteroatoms. The molecular weight excluding hydrogens is 318 g/mol. The summed E-state index contributed by atoms with van der Waals surface area (Å²) in [5, 5.41) is 2.18. The molecule has 0 radical (unpaired) electrons. The summed E-state index contributed by atoms with van der Waals surface area (Å²) in [6.07, 6.45) is 0.487. The van der Waals surface area contributed by atoms with Crippen LogP contribution < -0.4 is 4.57 Å². The minimum Gasteiger partial charge on any atom is -0.455 e. The number of fused-ring (bicyclic) bond motifs is 3. The third kappa shape index (κ3) is 2.90. The molecule has 4 aromatic rings. The van der Waals surface area contributed by atoms with E-state index in [2.05, 4.69) is 25.1 Å². The van der Waals surface area contributed by atoms with E-state index < -0.39 is 11.8 Å². The van der Waals surface area contributed by atoms with E-state index in [1.165, 1.54) is 0 Å². The Kier molecular flexibility index (Phi) is 3.35. The summed E-state index contributed by atoms with van der Waals surface area (Å²) in [6, 6.07) is 16.1. The summed E-state index contributed by atoms with van der Waals surface area (Å²) in [7, 11) is 1.99. The van der Waals surface area contributed by atoms with Crippen LogP contribution in [0.3, 0.4) is 0 Å². The Morgan fingerprint density at radius 3 is 2.58 bits per heavy atom. The van der Waals surface area contributed by atoms with E-state index in [9.17, 15) is 0 Å². The second-order valence-electron chi connectivity index (χ2n) is 8.02. The van der Waals surface area contributed by atoms with Crippen LogP contribution in [0.15, 0.2) is 59.1 Å². The van der Waals surface area contributed by atoms with Gasteiger partial charge in [-0.3, -0.25) is 0 Å². The van der Waals surface area contributed by atoms with Gasteiger partial charge in [-0.1, -0.05) is 51.1 Å². The fourth-order valence-electron chi connectivity index (χ4n) is 3.53. The lowest BCUT2D eigenvalue weighted by Gasteiger charge is -2.18. The number of nitrogens with zero attached hydrogens (tertiary/aromatic N) is 1. The molecule has 0 bridgehead atoms. The van der Waals surface area contributed by atoms with Crippen LogP contribution in [0.1, 0.15) is 34.6 Å². The molecule has 0 aliphatic heterocycles. The molecule has 0 amide bonds. The van der Waals surface area contributed by atoms with Crippen molar-refractivity contribution in [3.63, 3.8) is 0 Å². The van der Waals surface area contributed by atoms with Crippen LogP contribution in [0, 0.1) is 12.3 Å². The molecule has 2 aromatic heterocycles. The van der Waals surface area contributed by atoms with Crippen molar-refractivity contribution in [2.75, 3.05) is 0 Å². The molecule has 2 aromatic carbocycles. The number of furan rings is 1. The molecule has 26 heavy (non-hydrogen) atoms. The smallest absolute Gasteiger partial charge is 0.216 e. The maximum atomic E-state index is 8.69. The summed E-state index contributed by atoms with van der Waals surface area (Å²) in [4.78, 5) is 0. The third-order valence-electron chi connectivity index (χ3n) is 4.68. The van der Waals surface area contributed by atoms with Gasteiger partial charge in [-0.2, -0.15) is 0 Å². The number of benzene rings is 2. The van der Waals surface area contributed by atoms with Crippen LogP contribution in [0.5, 0.6) is 0 Å². The Labute approximate surface area is 157 Å². The minimum absolute atomic E-state index is 0.509. The number of pyridine rings is 1. The van der Waals surface area contributed by atoms with E-state index in [1.54, 1.807) is 0 Å². The lowest BCUT2D eigenvalue weighted by atomic mass is 9.88. The fraction of sp³-hybridized carbons (Fsp3) is 0.292. The highest BCUT2D eigenvalue weighted by atomic mass is 16.3. The van der Waals surface area contributed by atoms with E-state index >= 15 is 0 Å². The van der Waals surface area contributed by atoms with Crippen molar-refractivity contribution in [2.45, 2.75) is 34.1 Å². The Balaban J connectivity index is 2.03. The quantitative estimate of drug-likeness (QED) is 0.408. The van der Waals surface area contributed by atoms with E-state index in [-0.39, 0.29) is 0 Å². The average Bonchev–Trinajstić information content (AvgIpc) is 3.00. The number of hydrogen-bond donors (Lipinski definition) is 0. The molecule has 2 nitrogen and oxygen atoms in total. The first-order chi connectivity index (χ1) is 13.1. The van der Waals surface area contributed by atoms with Crippen LogP contribution in [0.4, 0.5) is 0 Å². The van der Waals surface area contributed by atoms with Crippen molar-refractivity contribution in [1.29, 1.82) is 0 Å². The zero-order valence-electron chi connectivity index (χ0n) is 18.1. The van der Waals surface area contributed by atoms with Gasteiger partial charge in [0.1, 0.15) is 18.2 Å². The van der Waals surface area contributed by atoms with Crippen molar-refractivity contribution in [2.24, 2.45) is 12.5 Å². The predicted octanol–water partition coefficient (Wildman–Crippen LogP) is 5.97. The van der Waals surface area contributed by atoms with Crippen LogP contribution >= 0.6 is 0 Å². The van der Waals surface area contributed by atoms with E-state index in [0.29, 0.717) is 5.56 Å². The number of aryl methyl sites for hydroxylation is 2. The number of rotatable bonds is 2. The maximum Gasteiger partial charge on any atom is 0.216 e. The van der Waals surface area contributed by atoms with E-state index in [4.69, 9.17) is 7.16 Å². The third-order valence-corrected chi connectivity index (χ3v) is 4.68. The first kappa shape index (κ1) is 14.5. The lowest BCUT2D eigenvalue weighted by molar-refractivity contribution is -0.660. The Bertz CT molecular complexity index is 1200. The number of aromatic nitrogens is 1. The molecule has 0 aliphatic rings. The molecule has 0 spiro atoms. The monoisotopic (exact) mass is 346 g/mol. The van der Waals surface area contributed by atoms with Crippen LogP contribution in [-0.4, -0.2) is 0 Å². The number of para-hydroxylation sites is 1. The van der Waals surface area contributed by atoms with Crippen LogP contribution in [-0.2, 0) is 13.4 Å². The van der Waals surface area contributed by atoms with Crippen molar-refractivity contribution < 1.29 is 11.7 Å². The lowest BCUT2D eigenvalue weighted by Crippen LogP contribution is -2.31. The molecule has 0 atom stereocenters. The second-order valence-corrected chi connectivity index (χ2v) is 8.02. The first-order valence-corrected chi connectivity index (χ1v) is 9.02. The van der Waals surface area contributed by atoms with Gasteiger partial charge in [-0.15, -0.1) is 0 Å². The molecule has 0 N–H and O–H groups in total. The maximum absolute atomic E-state index is 8.69. The molecule has 0 saturated carbocycles. The minimum atomic E-state index is -1.45. The van der Waals surface area contributed by atoms with Crippen molar-refractivity contribution >= 4 is 21.9 Å². The standard InChI is InChI=1S/C24H26NO/c1-16-10-11-19-18-8-6-7-9-21(18)26-23(19)22(16)20-14-17(12-13-25(20)5)15-24(2,3)4/h6-14H,15H2,1-5H3/q+1/i15D2. The zero-order valence-corrected chi connectivity index (χ0v) is 16.1. The fourth-order valence-corrected chi connectivity index (χ4v) is 3.53. The van der Waals surface area contributed by atoms with Gasteiger partial charge in [-0.05, 0) is 35.9 Å².